The number of aliphatic hydroxyl groups is 1. The first-order valence-corrected chi connectivity index (χ1v) is 7.27. The van der Waals surface area contributed by atoms with Gasteiger partial charge in [0.1, 0.15) is 5.60 Å². The topological polar surface area (TPSA) is 87.7 Å². The Labute approximate surface area is 134 Å². The van der Waals surface area contributed by atoms with Crippen molar-refractivity contribution in [3.8, 4) is 0 Å². The van der Waals surface area contributed by atoms with Crippen LogP contribution in [0.4, 0.5) is 4.79 Å². The zero-order valence-electron chi connectivity index (χ0n) is 12.4. The molecule has 0 radical (unpaired) electrons. The normalized spacial score (nSPS) is 22.0. The second-order valence-electron chi connectivity index (χ2n) is 5.41. The molecule has 23 heavy (non-hydrogen) atoms. The summed E-state index contributed by atoms with van der Waals surface area (Å²) >= 11 is 0. The Morgan fingerprint density at radius 1 is 1.09 bits per heavy atom. The molecule has 1 atom stereocenters. The lowest BCUT2D eigenvalue weighted by atomic mass is 9.84. The quantitative estimate of drug-likeness (QED) is 0.760. The number of nitrogens with zero attached hydrogens (tertiary/aromatic N) is 1. The number of hydrazone groups is 1. The van der Waals surface area contributed by atoms with Gasteiger partial charge in [-0.15, -0.1) is 0 Å². The van der Waals surface area contributed by atoms with E-state index in [1.54, 1.807) is 6.08 Å². The van der Waals surface area contributed by atoms with Crippen LogP contribution in [0.25, 0.3) is 5.57 Å². The number of amides is 2. The third-order valence-corrected chi connectivity index (χ3v) is 3.84. The number of benzene rings is 2. The molecule has 0 saturated carbocycles. The summed E-state index contributed by atoms with van der Waals surface area (Å²) < 4.78 is 0. The fourth-order valence-corrected chi connectivity index (χ4v) is 2.80. The molecule has 116 valence electrons. The van der Waals surface area contributed by atoms with Crippen molar-refractivity contribution in [2.45, 2.75) is 12.0 Å². The Hall–Kier alpha value is -2.92. The average Bonchev–Trinajstić information content (AvgIpc) is 2.93. The highest BCUT2D eigenvalue weighted by atomic mass is 16.3. The fourth-order valence-electron chi connectivity index (χ4n) is 2.80. The maximum absolute atomic E-state index is 11.3. The summed E-state index contributed by atoms with van der Waals surface area (Å²) in [5.41, 5.74) is 9.07. The van der Waals surface area contributed by atoms with Crippen LogP contribution in [0.2, 0.25) is 0 Å². The van der Waals surface area contributed by atoms with Gasteiger partial charge in [0.05, 0.1) is 5.71 Å². The van der Waals surface area contributed by atoms with Gasteiger partial charge in [0, 0.05) is 6.42 Å². The molecule has 5 nitrogen and oxygen atoms in total. The highest BCUT2D eigenvalue weighted by Crippen LogP contribution is 2.43. The molecule has 1 aliphatic carbocycles. The molecular weight excluding hydrogens is 290 g/mol. The number of allylic oxidation sites excluding steroid dienone is 1. The molecule has 3 rings (SSSR count). The molecule has 0 saturated heterocycles. The van der Waals surface area contributed by atoms with Crippen molar-refractivity contribution in [1.29, 1.82) is 0 Å². The second kappa shape index (κ2) is 6.06. The van der Waals surface area contributed by atoms with E-state index in [-0.39, 0.29) is 6.42 Å². The minimum Gasteiger partial charge on any atom is -0.380 e. The van der Waals surface area contributed by atoms with E-state index in [9.17, 15) is 9.90 Å². The van der Waals surface area contributed by atoms with E-state index in [0.717, 1.165) is 16.7 Å². The Morgan fingerprint density at radius 2 is 1.70 bits per heavy atom. The van der Waals surface area contributed by atoms with Crippen LogP contribution in [-0.4, -0.2) is 16.8 Å². The number of hydrogen-bond acceptors (Lipinski definition) is 3. The Morgan fingerprint density at radius 3 is 2.30 bits per heavy atom. The monoisotopic (exact) mass is 307 g/mol. The predicted molar refractivity (Wildman–Crippen MR) is 89.5 cm³/mol. The largest absolute Gasteiger partial charge is 0.380 e. The lowest BCUT2D eigenvalue weighted by Crippen LogP contribution is -2.27. The van der Waals surface area contributed by atoms with Crippen LogP contribution in [0, 0.1) is 0 Å². The number of urea groups is 1. The molecule has 0 fully saturated rings. The van der Waals surface area contributed by atoms with Gasteiger partial charge in [0.15, 0.2) is 0 Å². The molecule has 2 amide bonds. The first-order valence-electron chi connectivity index (χ1n) is 7.27. The van der Waals surface area contributed by atoms with E-state index in [1.165, 1.54) is 0 Å². The second-order valence-corrected chi connectivity index (χ2v) is 5.41. The number of nitrogens with two attached hydrogens (primary N) is 1. The number of nitrogens with one attached hydrogen (secondary N) is 1. The molecule has 0 heterocycles. The fraction of sp³-hybridized carbons (Fsp3) is 0.111. The van der Waals surface area contributed by atoms with Gasteiger partial charge in [-0.25, -0.2) is 10.2 Å². The van der Waals surface area contributed by atoms with E-state index < -0.39 is 11.6 Å². The summed E-state index contributed by atoms with van der Waals surface area (Å²) in [6.45, 7) is 0. The van der Waals surface area contributed by atoms with Gasteiger partial charge < -0.3 is 10.8 Å². The minimum atomic E-state index is -1.19. The number of primary amides is 1. The average molecular weight is 307 g/mol. The van der Waals surface area contributed by atoms with Crippen molar-refractivity contribution in [2.75, 3.05) is 0 Å². The summed E-state index contributed by atoms with van der Waals surface area (Å²) in [5, 5.41) is 15.3. The molecule has 0 unspecified atom stereocenters. The van der Waals surface area contributed by atoms with Gasteiger partial charge in [0.25, 0.3) is 0 Å². The smallest absolute Gasteiger partial charge is 0.332 e. The van der Waals surface area contributed by atoms with E-state index >= 15 is 0 Å². The molecule has 0 aromatic heterocycles. The van der Waals surface area contributed by atoms with Crippen LogP contribution in [0.15, 0.2) is 71.8 Å². The van der Waals surface area contributed by atoms with Gasteiger partial charge in [-0.05, 0) is 22.8 Å². The molecule has 0 aliphatic heterocycles. The summed E-state index contributed by atoms with van der Waals surface area (Å²) in [4.78, 5) is 10.9. The third-order valence-electron chi connectivity index (χ3n) is 3.84. The van der Waals surface area contributed by atoms with Crippen molar-refractivity contribution in [2.24, 2.45) is 10.8 Å². The molecule has 2 aromatic rings. The first kappa shape index (κ1) is 15.0. The lowest BCUT2D eigenvalue weighted by molar-refractivity contribution is 0.113. The van der Waals surface area contributed by atoms with Gasteiger partial charge in [0.2, 0.25) is 0 Å². The SMILES string of the molecule is NC(=O)NN=C1C=C(c2ccccc2)[C@](O)(c2ccccc2)C1. The van der Waals surface area contributed by atoms with Crippen molar-refractivity contribution in [1.82, 2.24) is 5.43 Å². The summed E-state index contributed by atoms with van der Waals surface area (Å²) in [6.07, 6.45) is 2.06. The Bertz CT molecular complexity index is 769. The predicted octanol–water partition coefficient (Wildman–Crippen LogP) is 2.39. The number of carbonyl (C=O) groups excluding carboxylic acids is 1. The maximum Gasteiger partial charge on any atom is 0.332 e. The summed E-state index contributed by atoms with van der Waals surface area (Å²) in [5.74, 6) is 0. The van der Waals surface area contributed by atoms with Crippen LogP contribution in [0.5, 0.6) is 0 Å². The highest BCUT2D eigenvalue weighted by Gasteiger charge is 2.40. The van der Waals surface area contributed by atoms with Crippen molar-refractivity contribution in [3.05, 3.63) is 77.9 Å². The van der Waals surface area contributed by atoms with E-state index in [2.05, 4.69) is 10.5 Å². The minimum absolute atomic E-state index is 0.265. The number of carbonyl (C=O) groups is 1. The molecule has 0 spiro atoms. The van der Waals surface area contributed by atoms with Gasteiger partial charge >= 0.3 is 6.03 Å². The zero-order valence-corrected chi connectivity index (χ0v) is 12.4. The molecule has 4 N–H and O–H groups in total. The van der Waals surface area contributed by atoms with Crippen LogP contribution < -0.4 is 11.2 Å². The Kier molecular flexibility index (Phi) is 3.95. The molecule has 5 heteroatoms. The summed E-state index contributed by atoms with van der Waals surface area (Å²) in [6, 6.07) is 18.3. The van der Waals surface area contributed by atoms with Crippen LogP contribution in [-0.2, 0) is 5.60 Å². The Balaban J connectivity index is 2.07. The van der Waals surface area contributed by atoms with E-state index in [1.807, 2.05) is 60.7 Å². The standard InChI is InChI=1S/C18H17N3O2/c19-17(22)21-20-15-11-16(13-7-3-1-4-8-13)18(23,12-15)14-9-5-2-6-10-14/h1-11,23H,12H2,(H3,19,21,22)/t18-/m1/s1. The lowest BCUT2D eigenvalue weighted by Gasteiger charge is -2.27. The van der Waals surface area contributed by atoms with E-state index in [0.29, 0.717) is 5.71 Å². The maximum atomic E-state index is 11.3. The molecule has 0 bridgehead atoms. The van der Waals surface area contributed by atoms with E-state index in [4.69, 9.17) is 5.73 Å². The van der Waals surface area contributed by atoms with Crippen LogP contribution in [0.3, 0.4) is 0 Å². The van der Waals surface area contributed by atoms with Crippen molar-refractivity contribution < 1.29 is 9.90 Å². The van der Waals surface area contributed by atoms with Gasteiger partial charge in [-0.1, -0.05) is 60.7 Å². The molecule has 2 aromatic carbocycles. The van der Waals surface area contributed by atoms with Crippen molar-refractivity contribution in [3.63, 3.8) is 0 Å². The van der Waals surface area contributed by atoms with Crippen LogP contribution >= 0.6 is 0 Å². The van der Waals surface area contributed by atoms with Crippen LogP contribution in [0.1, 0.15) is 17.5 Å². The number of hydrogen-bond donors (Lipinski definition) is 3. The molecule has 1 aliphatic rings. The number of rotatable bonds is 3. The third kappa shape index (κ3) is 3.00. The molecular formula is C18H17N3O2. The highest BCUT2D eigenvalue weighted by molar-refractivity contribution is 6.08. The summed E-state index contributed by atoms with van der Waals surface area (Å²) in [7, 11) is 0. The zero-order chi connectivity index (χ0) is 16.3. The van der Waals surface area contributed by atoms with Crippen molar-refractivity contribution >= 4 is 17.3 Å². The van der Waals surface area contributed by atoms with Gasteiger partial charge in [-0.2, -0.15) is 5.10 Å². The first-order chi connectivity index (χ1) is 11.1. The van der Waals surface area contributed by atoms with Gasteiger partial charge in [-0.3, -0.25) is 0 Å².